The maximum Gasteiger partial charge on any atom is 0.313 e. The van der Waals surface area contributed by atoms with E-state index in [1.54, 1.807) is 10.8 Å². The van der Waals surface area contributed by atoms with E-state index in [0.29, 0.717) is 5.16 Å². The van der Waals surface area contributed by atoms with Crippen molar-refractivity contribution in [2.75, 3.05) is 5.75 Å². The van der Waals surface area contributed by atoms with Gasteiger partial charge in [-0.25, -0.2) is 0 Å². The van der Waals surface area contributed by atoms with Crippen LogP contribution in [-0.2, 0) is 4.79 Å². The zero-order valence-corrected chi connectivity index (χ0v) is 12.9. The van der Waals surface area contributed by atoms with Gasteiger partial charge in [0.25, 0.3) is 5.56 Å². The van der Waals surface area contributed by atoms with Crippen molar-refractivity contribution >= 4 is 17.7 Å². The van der Waals surface area contributed by atoms with Gasteiger partial charge in [0.15, 0.2) is 5.16 Å². The zero-order valence-electron chi connectivity index (χ0n) is 12.1. The predicted molar refractivity (Wildman–Crippen MR) is 82.4 cm³/mol. The molecule has 6 heteroatoms. The number of carbonyl (C=O) groups is 1. The van der Waals surface area contributed by atoms with E-state index in [2.05, 4.69) is 4.98 Å². The van der Waals surface area contributed by atoms with Crippen molar-refractivity contribution in [3.63, 3.8) is 0 Å². The number of hydrogen-bond donors (Lipinski definition) is 1. The Morgan fingerprint density at radius 3 is 2.48 bits per heavy atom. The smallest absolute Gasteiger partial charge is 0.313 e. The average Bonchev–Trinajstić information content (AvgIpc) is 2.37. The summed E-state index contributed by atoms with van der Waals surface area (Å²) in [6.45, 7) is 5.99. The van der Waals surface area contributed by atoms with Crippen LogP contribution in [0.2, 0.25) is 0 Å². The molecule has 0 bridgehead atoms. The highest BCUT2D eigenvalue weighted by molar-refractivity contribution is 7.99. The van der Waals surface area contributed by atoms with Gasteiger partial charge in [-0.15, -0.1) is 0 Å². The summed E-state index contributed by atoms with van der Waals surface area (Å²) in [7, 11) is 0. The topological polar surface area (TPSA) is 72.2 Å². The lowest BCUT2D eigenvalue weighted by atomic mass is 10.1. The summed E-state index contributed by atoms with van der Waals surface area (Å²) in [6, 6.07) is 5.47. The van der Waals surface area contributed by atoms with Crippen LogP contribution in [0.1, 0.15) is 16.7 Å². The highest BCUT2D eigenvalue weighted by Gasteiger charge is 2.12. The van der Waals surface area contributed by atoms with Crippen molar-refractivity contribution in [1.82, 2.24) is 9.55 Å². The normalized spacial score (nSPS) is 10.6. The van der Waals surface area contributed by atoms with Crippen LogP contribution < -0.4 is 5.56 Å². The van der Waals surface area contributed by atoms with Gasteiger partial charge in [0.1, 0.15) is 0 Å². The summed E-state index contributed by atoms with van der Waals surface area (Å²) in [5.41, 5.74) is 3.82. The van der Waals surface area contributed by atoms with Crippen molar-refractivity contribution in [3.8, 4) is 5.69 Å². The largest absolute Gasteiger partial charge is 0.481 e. The molecule has 110 valence electrons. The van der Waals surface area contributed by atoms with Crippen LogP contribution in [0.5, 0.6) is 0 Å². The Bertz CT molecular complexity index is 730. The molecule has 0 amide bonds. The number of aliphatic carboxylic acids is 1. The molecular formula is C15H16N2O3S. The van der Waals surface area contributed by atoms with E-state index in [-0.39, 0.29) is 11.3 Å². The van der Waals surface area contributed by atoms with Gasteiger partial charge in [0, 0.05) is 12.3 Å². The quantitative estimate of drug-likeness (QED) is 0.693. The Labute approximate surface area is 126 Å². The molecule has 0 aliphatic heterocycles. The number of benzene rings is 1. The first kappa shape index (κ1) is 15.3. The fourth-order valence-corrected chi connectivity index (χ4v) is 3.04. The van der Waals surface area contributed by atoms with Crippen LogP contribution in [0, 0.1) is 20.8 Å². The number of aromatic nitrogens is 2. The summed E-state index contributed by atoms with van der Waals surface area (Å²) >= 11 is 1.04. The molecule has 2 aromatic rings. The third-order valence-electron chi connectivity index (χ3n) is 2.98. The fourth-order valence-electron chi connectivity index (χ4n) is 2.34. The Hall–Kier alpha value is -2.08. The molecule has 21 heavy (non-hydrogen) atoms. The molecule has 2 rings (SSSR count). The molecule has 1 aromatic heterocycles. The van der Waals surface area contributed by atoms with Crippen LogP contribution in [0.4, 0.5) is 0 Å². The first-order valence-corrected chi connectivity index (χ1v) is 7.39. The Balaban J connectivity index is 2.58. The van der Waals surface area contributed by atoms with Gasteiger partial charge < -0.3 is 5.11 Å². The van der Waals surface area contributed by atoms with Crippen LogP contribution in [0.3, 0.4) is 0 Å². The second-order valence-electron chi connectivity index (χ2n) is 4.85. The van der Waals surface area contributed by atoms with Gasteiger partial charge >= 0.3 is 5.97 Å². The Kier molecular flexibility index (Phi) is 4.47. The molecule has 5 nitrogen and oxygen atoms in total. The summed E-state index contributed by atoms with van der Waals surface area (Å²) < 4.78 is 1.78. The standard InChI is InChI=1S/C15H16N2O3S/c1-9-6-10(2)14(11(3)7-9)17-5-4-12(18)16-15(17)21-8-13(19)20/h4-7H,8H2,1-3H3,(H,19,20). The Morgan fingerprint density at radius 2 is 1.90 bits per heavy atom. The average molecular weight is 304 g/mol. The van der Waals surface area contributed by atoms with E-state index in [1.807, 2.05) is 32.9 Å². The predicted octanol–water partition coefficient (Wildman–Crippen LogP) is 2.33. The molecule has 0 fully saturated rings. The molecule has 0 saturated heterocycles. The van der Waals surface area contributed by atoms with Gasteiger partial charge in [0.2, 0.25) is 0 Å². The monoisotopic (exact) mass is 304 g/mol. The first-order valence-electron chi connectivity index (χ1n) is 6.41. The van der Waals surface area contributed by atoms with Crippen LogP contribution in [0.15, 0.2) is 34.3 Å². The minimum atomic E-state index is -0.943. The van der Waals surface area contributed by atoms with Gasteiger partial charge in [0.05, 0.1) is 11.4 Å². The fraction of sp³-hybridized carbons (Fsp3) is 0.267. The molecule has 0 radical (unpaired) electrons. The van der Waals surface area contributed by atoms with Crippen molar-refractivity contribution in [3.05, 3.63) is 51.4 Å². The van der Waals surface area contributed by atoms with Crippen LogP contribution >= 0.6 is 11.8 Å². The number of thioether (sulfide) groups is 1. The lowest BCUT2D eigenvalue weighted by Gasteiger charge is -2.17. The maximum atomic E-state index is 11.5. The molecule has 0 unspecified atom stereocenters. The van der Waals surface area contributed by atoms with Gasteiger partial charge in [-0.3, -0.25) is 14.2 Å². The molecule has 1 N–H and O–H groups in total. The molecule has 0 aliphatic rings. The SMILES string of the molecule is Cc1cc(C)c(-n2ccc(=O)nc2SCC(=O)O)c(C)c1. The molecule has 1 aromatic carbocycles. The van der Waals surface area contributed by atoms with Gasteiger partial charge in [-0.1, -0.05) is 29.5 Å². The second kappa shape index (κ2) is 6.13. The molecule has 0 atom stereocenters. The molecule has 0 saturated carbocycles. The van der Waals surface area contributed by atoms with E-state index >= 15 is 0 Å². The van der Waals surface area contributed by atoms with Crippen molar-refractivity contribution in [2.24, 2.45) is 0 Å². The molecule has 0 spiro atoms. The number of nitrogens with zero attached hydrogens (tertiary/aromatic N) is 2. The summed E-state index contributed by atoms with van der Waals surface area (Å²) in [4.78, 5) is 26.1. The third-order valence-corrected chi connectivity index (χ3v) is 3.92. The van der Waals surface area contributed by atoms with Crippen molar-refractivity contribution in [2.45, 2.75) is 25.9 Å². The highest BCUT2D eigenvalue weighted by atomic mass is 32.2. The minimum Gasteiger partial charge on any atom is -0.481 e. The first-order chi connectivity index (χ1) is 9.88. The van der Waals surface area contributed by atoms with E-state index < -0.39 is 5.97 Å². The van der Waals surface area contributed by atoms with Gasteiger partial charge in [-0.2, -0.15) is 4.98 Å². The molecule has 1 heterocycles. The van der Waals surface area contributed by atoms with Gasteiger partial charge in [-0.05, 0) is 31.9 Å². The van der Waals surface area contributed by atoms with E-state index in [9.17, 15) is 9.59 Å². The number of carboxylic acids is 1. The number of carboxylic acid groups (broad SMARTS) is 1. The van der Waals surface area contributed by atoms with E-state index in [4.69, 9.17) is 5.11 Å². The maximum absolute atomic E-state index is 11.5. The second-order valence-corrected chi connectivity index (χ2v) is 5.79. The number of rotatable bonds is 4. The van der Waals surface area contributed by atoms with Crippen LogP contribution in [0.25, 0.3) is 5.69 Å². The van der Waals surface area contributed by atoms with Crippen LogP contribution in [-0.4, -0.2) is 26.4 Å². The van der Waals surface area contributed by atoms with E-state index in [0.717, 1.165) is 34.1 Å². The van der Waals surface area contributed by atoms with Crippen molar-refractivity contribution < 1.29 is 9.90 Å². The summed E-state index contributed by atoms with van der Waals surface area (Å²) in [5, 5.41) is 9.20. The summed E-state index contributed by atoms with van der Waals surface area (Å²) in [6.07, 6.45) is 1.64. The number of hydrogen-bond acceptors (Lipinski definition) is 4. The number of aryl methyl sites for hydroxylation is 3. The molecular weight excluding hydrogens is 288 g/mol. The van der Waals surface area contributed by atoms with E-state index in [1.165, 1.54) is 6.07 Å². The lowest BCUT2D eigenvalue weighted by Crippen LogP contribution is -2.14. The lowest BCUT2D eigenvalue weighted by molar-refractivity contribution is -0.133. The highest BCUT2D eigenvalue weighted by Crippen LogP contribution is 2.25. The third kappa shape index (κ3) is 3.52. The zero-order chi connectivity index (χ0) is 15.6. The Morgan fingerprint density at radius 1 is 1.29 bits per heavy atom. The minimum absolute atomic E-state index is 0.138. The summed E-state index contributed by atoms with van der Waals surface area (Å²) in [5.74, 6) is -1.08. The molecule has 0 aliphatic carbocycles. The van der Waals surface area contributed by atoms with Crippen molar-refractivity contribution in [1.29, 1.82) is 0 Å².